The number of amides is 2. The lowest BCUT2D eigenvalue weighted by Gasteiger charge is -2.31. The lowest BCUT2D eigenvalue weighted by molar-refractivity contribution is -0.140. The van der Waals surface area contributed by atoms with E-state index in [1.54, 1.807) is 12.0 Å². The highest BCUT2D eigenvalue weighted by Gasteiger charge is 2.28. The van der Waals surface area contributed by atoms with Gasteiger partial charge >= 0.3 is 0 Å². The smallest absolute Gasteiger partial charge is 0.242 e. The minimum atomic E-state index is -0.505. The van der Waals surface area contributed by atoms with E-state index in [-0.39, 0.29) is 18.2 Å². The van der Waals surface area contributed by atoms with Crippen LogP contribution in [0.4, 0.5) is 0 Å². The summed E-state index contributed by atoms with van der Waals surface area (Å²) in [7, 11) is 1.62. The van der Waals surface area contributed by atoms with Crippen molar-refractivity contribution in [3.05, 3.63) is 65.7 Å². The van der Waals surface area contributed by atoms with Gasteiger partial charge in [-0.25, -0.2) is 0 Å². The molecule has 2 amide bonds. The molecule has 0 aromatic heterocycles. The summed E-state index contributed by atoms with van der Waals surface area (Å²) in [4.78, 5) is 27.7. The Labute approximate surface area is 174 Å². The molecule has 0 fully saturated rings. The molecule has 0 aliphatic carbocycles. The maximum Gasteiger partial charge on any atom is 0.242 e. The Kier molecular flexibility index (Phi) is 9.22. The van der Waals surface area contributed by atoms with E-state index < -0.39 is 6.04 Å². The first-order valence-electron chi connectivity index (χ1n) is 10.3. The van der Waals surface area contributed by atoms with Gasteiger partial charge in [0.2, 0.25) is 11.8 Å². The number of carbonyl (C=O) groups is 2. The minimum absolute atomic E-state index is 0.0588. The van der Waals surface area contributed by atoms with Crippen LogP contribution in [-0.2, 0) is 22.6 Å². The van der Waals surface area contributed by atoms with Crippen molar-refractivity contribution < 1.29 is 14.3 Å². The van der Waals surface area contributed by atoms with Gasteiger partial charge in [0.05, 0.1) is 13.5 Å². The molecule has 1 N–H and O–H groups in total. The quantitative estimate of drug-likeness (QED) is 0.585. The van der Waals surface area contributed by atoms with Crippen molar-refractivity contribution >= 4 is 11.8 Å². The summed E-state index contributed by atoms with van der Waals surface area (Å²) >= 11 is 0. The fourth-order valence-corrected chi connectivity index (χ4v) is 3.27. The van der Waals surface area contributed by atoms with Gasteiger partial charge < -0.3 is 15.0 Å². The fourth-order valence-electron chi connectivity index (χ4n) is 3.27. The largest absolute Gasteiger partial charge is 0.497 e. The molecule has 0 saturated heterocycles. The number of ether oxygens (including phenoxy) is 1. The maximum absolute atomic E-state index is 13.2. The lowest BCUT2D eigenvalue weighted by Crippen LogP contribution is -2.49. The SMILES string of the molecule is CCCCNC(=O)C(CC)N(Cc1cccc(OC)c1)C(=O)Cc1ccccc1. The number of hydrogen-bond donors (Lipinski definition) is 1. The third kappa shape index (κ3) is 6.93. The van der Waals surface area contributed by atoms with Crippen LogP contribution in [0.15, 0.2) is 54.6 Å². The Morgan fingerprint density at radius 1 is 1.03 bits per heavy atom. The van der Waals surface area contributed by atoms with E-state index >= 15 is 0 Å². The molecule has 2 rings (SSSR count). The van der Waals surface area contributed by atoms with Crippen LogP contribution in [-0.4, -0.2) is 36.4 Å². The fraction of sp³-hybridized carbons (Fsp3) is 0.417. The highest BCUT2D eigenvalue weighted by molar-refractivity contribution is 5.88. The zero-order valence-electron chi connectivity index (χ0n) is 17.7. The Morgan fingerprint density at radius 3 is 2.41 bits per heavy atom. The molecule has 29 heavy (non-hydrogen) atoms. The lowest BCUT2D eigenvalue weighted by atomic mass is 10.1. The molecule has 0 aliphatic rings. The predicted octanol–water partition coefficient (Wildman–Crippen LogP) is 3.96. The van der Waals surface area contributed by atoms with E-state index in [1.807, 2.05) is 61.5 Å². The van der Waals surface area contributed by atoms with Gasteiger partial charge in [-0.1, -0.05) is 62.7 Å². The number of unbranched alkanes of at least 4 members (excludes halogenated alkanes) is 1. The molecular weight excluding hydrogens is 364 g/mol. The van der Waals surface area contributed by atoms with Crippen molar-refractivity contribution in [1.29, 1.82) is 0 Å². The second kappa shape index (κ2) is 11.9. The third-order valence-electron chi connectivity index (χ3n) is 4.90. The van der Waals surface area contributed by atoms with E-state index in [9.17, 15) is 9.59 Å². The van der Waals surface area contributed by atoms with Gasteiger partial charge in [0.25, 0.3) is 0 Å². The van der Waals surface area contributed by atoms with Gasteiger partial charge in [-0.05, 0) is 36.1 Å². The molecule has 0 bridgehead atoms. The number of hydrogen-bond acceptors (Lipinski definition) is 3. The Bertz CT molecular complexity index is 777. The van der Waals surface area contributed by atoms with Gasteiger partial charge in [0.1, 0.15) is 11.8 Å². The minimum Gasteiger partial charge on any atom is -0.497 e. The summed E-state index contributed by atoms with van der Waals surface area (Å²) in [5.41, 5.74) is 1.87. The molecule has 0 radical (unpaired) electrons. The van der Waals surface area contributed by atoms with Crippen LogP contribution in [0.25, 0.3) is 0 Å². The molecule has 156 valence electrons. The first-order chi connectivity index (χ1) is 14.1. The molecule has 5 heteroatoms. The first-order valence-corrected chi connectivity index (χ1v) is 10.3. The van der Waals surface area contributed by atoms with Crippen LogP contribution in [0.3, 0.4) is 0 Å². The van der Waals surface area contributed by atoms with Gasteiger partial charge in [0, 0.05) is 13.1 Å². The molecule has 0 saturated carbocycles. The van der Waals surface area contributed by atoms with Crippen LogP contribution < -0.4 is 10.1 Å². The van der Waals surface area contributed by atoms with Gasteiger partial charge in [-0.2, -0.15) is 0 Å². The van der Waals surface area contributed by atoms with Crippen molar-refractivity contribution in [1.82, 2.24) is 10.2 Å². The number of benzene rings is 2. The number of carbonyl (C=O) groups excluding carboxylic acids is 2. The highest BCUT2D eigenvalue weighted by atomic mass is 16.5. The predicted molar refractivity (Wildman–Crippen MR) is 116 cm³/mol. The maximum atomic E-state index is 13.2. The second-order valence-electron chi connectivity index (χ2n) is 7.10. The Balaban J connectivity index is 2.24. The van der Waals surface area contributed by atoms with Crippen molar-refractivity contribution in [2.24, 2.45) is 0 Å². The van der Waals surface area contributed by atoms with Crippen molar-refractivity contribution in [2.75, 3.05) is 13.7 Å². The molecule has 0 aliphatic heterocycles. The standard InChI is InChI=1S/C24H32N2O3/c1-4-6-15-25-24(28)22(5-2)26(18-20-13-10-14-21(16-20)29-3)23(27)17-19-11-8-7-9-12-19/h7-14,16,22H,4-6,15,17-18H2,1-3H3,(H,25,28). The average molecular weight is 397 g/mol. The van der Waals surface area contributed by atoms with Crippen molar-refractivity contribution in [3.8, 4) is 5.75 Å². The summed E-state index contributed by atoms with van der Waals surface area (Å²) < 4.78 is 5.31. The van der Waals surface area contributed by atoms with E-state index in [0.717, 1.165) is 29.7 Å². The summed E-state index contributed by atoms with van der Waals surface area (Å²) in [5, 5.41) is 2.98. The normalized spacial score (nSPS) is 11.6. The van der Waals surface area contributed by atoms with E-state index in [0.29, 0.717) is 19.5 Å². The van der Waals surface area contributed by atoms with Crippen LogP contribution in [0.2, 0.25) is 0 Å². The number of nitrogens with zero attached hydrogens (tertiary/aromatic N) is 1. The summed E-state index contributed by atoms with van der Waals surface area (Å²) in [6, 6.07) is 16.8. The zero-order chi connectivity index (χ0) is 21.1. The molecule has 2 aromatic carbocycles. The summed E-state index contributed by atoms with van der Waals surface area (Å²) in [5.74, 6) is 0.583. The van der Waals surface area contributed by atoms with Gasteiger partial charge in [0.15, 0.2) is 0 Å². The Morgan fingerprint density at radius 2 is 1.76 bits per heavy atom. The number of rotatable bonds is 11. The number of methoxy groups -OCH3 is 1. The molecule has 1 unspecified atom stereocenters. The molecule has 5 nitrogen and oxygen atoms in total. The van der Waals surface area contributed by atoms with Crippen molar-refractivity contribution in [3.63, 3.8) is 0 Å². The van der Waals surface area contributed by atoms with Crippen LogP contribution >= 0.6 is 0 Å². The molecular formula is C24H32N2O3. The van der Waals surface area contributed by atoms with Gasteiger partial charge in [-0.15, -0.1) is 0 Å². The summed E-state index contributed by atoms with van der Waals surface area (Å²) in [6.45, 7) is 5.02. The third-order valence-corrected chi connectivity index (χ3v) is 4.90. The summed E-state index contributed by atoms with van der Waals surface area (Å²) in [6.07, 6.45) is 2.76. The average Bonchev–Trinajstić information content (AvgIpc) is 2.74. The van der Waals surface area contributed by atoms with Crippen LogP contribution in [0, 0.1) is 0 Å². The molecule has 0 spiro atoms. The van der Waals surface area contributed by atoms with E-state index in [4.69, 9.17) is 4.74 Å². The monoisotopic (exact) mass is 396 g/mol. The van der Waals surface area contributed by atoms with Gasteiger partial charge in [-0.3, -0.25) is 9.59 Å². The molecule has 0 heterocycles. The Hall–Kier alpha value is -2.82. The zero-order valence-corrected chi connectivity index (χ0v) is 17.7. The van der Waals surface area contributed by atoms with Crippen LogP contribution in [0.1, 0.15) is 44.2 Å². The highest BCUT2D eigenvalue weighted by Crippen LogP contribution is 2.18. The topological polar surface area (TPSA) is 58.6 Å². The first kappa shape index (κ1) is 22.5. The second-order valence-corrected chi connectivity index (χ2v) is 7.10. The van der Waals surface area contributed by atoms with E-state index in [2.05, 4.69) is 12.2 Å². The van der Waals surface area contributed by atoms with E-state index in [1.165, 1.54) is 0 Å². The molecule has 1 atom stereocenters. The van der Waals surface area contributed by atoms with Crippen molar-refractivity contribution in [2.45, 2.75) is 52.1 Å². The molecule has 2 aromatic rings. The number of nitrogens with one attached hydrogen (secondary N) is 1. The van der Waals surface area contributed by atoms with Crippen LogP contribution in [0.5, 0.6) is 5.75 Å².